The number of nitrogens with zero attached hydrogens (tertiary/aromatic N) is 1. The van der Waals surface area contributed by atoms with E-state index in [1.54, 1.807) is 20.8 Å². The minimum absolute atomic E-state index is 0.00930. The molecule has 0 aromatic carbocycles. The van der Waals surface area contributed by atoms with Crippen molar-refractivity contribution in [1.82, 2.24) is 4.90 Å². The van der Waals surface area contributed by atoms with Gasteiger partial charge in [0, 0.05) is 51.4 Å². The van der Waals surface area contributed by atoms with E-state index in [0.717, 1.165) is 10.5 Å². The first-order chi connectivity index (χ1) is 22.0. The Balaban J connectivity index is 2.04. The van der Waals surface area contributed by atoms with Gasteiger partial charge in [0.05, 0.1) is 24.4 Å². The maximum atomic E-state index is 13.9. The summed E-state index contributed by atoms with van der Waals surface area (Å²) in [6.07, 6.45) is -0.255. The first kappa shape index (κ1) is 39.2. The van der Waals surface area contributed by atoms with Gasteiger partial charge in [-0.2, -0.15) is 0 Å². The van der Waals surface area contributed by atoms with Crippen LogP contribution < -0.4 is 0 Å². The normalized spacial score (nSPS) is 41.6. The van der Waals surface area contributed by atoms with E-state index in [1.807, 2.05) is 19.9 Å². The summed E-state index contributed by atoms with van der Waals surface area (Å²) in [4.78, 5) is 54.5. The highest BCUT2D eigenvalue weighted by Crippen LogP contribution is 2.39. The zero-order valence-electron chi connectivity index (χ0n) is 29.3. The minimum Gasteiger partial charge on any atom is -0.461 e. The Labute approximate surface area is 279 Å². The van der Waals surface area contributed by atoms with E-state index in [9.17, 15) is 34.5 Å². The number of allylic oxidation sites excluding steroid dienone is 1. The fraction of sp³-hybridized carbons (Fsp3) is 0.829. The van der Waals surface area contributed by atoms with Crippen molar-refractivity contribution in [3.8, 4) is 0 Å². The van der Waals surface area contributed by atoms with Gasteiger partial charge in [0.25, 0.3) is 11.7 Å². The van der Waals surface area contributed by atoms with E-state index in [4.69, 9.17) is 18.9 Å². The molecule has 268 valence electrons. The Hall–Kier alpha value is -2.22. The van der Waals surface area contributed by atoms with Crippen molar-refractivity contribution >= 4 is 23.4 Å². The molecule has 47 heavy (non-hydrogen) atoms. The van der Waals surface area contributed by atoms with E-state index in [2.05, 4.69) is 0 Å². The molecule has 2 saturated heterocycles. The summed E-state index contributed by atoms with van der Waals surface area (Å²) in [7, 11) is 3.03. The maximum absolute atomic E-state index is 13.9. The number of piperidine rings is 1. The van der Waals surface area contributed by atoms with Gasteiger partial charge in [-0.05, 0) is 65.2 Å². The molecule has 0 aromatic rings. The predicted molar refractivity (Wildman–Crippen MR) is 172 cm³/mol. The van der Waals surface area contributed by atoms with Crippen LogP contribution in [0.2, 0.25) is 0 Å². The van der Waals surface area contributed by atoms with E-state index in [-0.39, 0.29) is 43.9 Å². The van der Waals surface area contributed by atoms with Gasteiger partial charge < -0.3 is 44.0 Å². The summed E-state index contributed by atoms with van der Waals surface area (Å²) < 4.78 is 23.5. The molecule has 12 nitrogen and oxygen atoms in total. The number of hydrogen-bond donors (Lipinski definition) is 3. The number of rotatable bonds is 4. The van der Waals surface area contributed by atoms with Gasteiger partial charge in [-0.1, -0.05) is 32.4 Å². The summed E-state index contributed by atoms with van der Waals surface area (Å²) >= 11 is 0. The van der Waals surface area contributed by atoms with Gasteiger partial charge >= 0.3 is 5.97 Å². The molecule has 12 heteroatoms. The van der Waals surface area contributed by atoms with E-state index in [0.29, 0.717) is 25.7 Å². The monoisotopic (exact) mass is 667 g/mol. The van der Waals surface area contributed by atoms with Crippen LogP contribution in [-0.4, -0.2) is 113 Å². The number of methoxy groups -OCH3 is 2. The lowest BCUT2D eigenvalue weighted by Gasteiger charge is -2.47. The fourth-order valence-corrected chi connectivity index (χ4v) is 7.35. The summed E-state index contributed by atoms with van der Waals surface area (Å²) in [6, 6.07) is -1.06. The Morgan fingerprint density at radius 1 is 1.00 bits per heavy atom. The molecule has 0 aromatic heterocycles. The number of carbonyl (C=O) groups is 4. The number of amides is 1. The summed E-state index contributed by atoms with van der Waals surface area (Å²) in [5.74, 6) is -7.37. The Morgan fingerprint density at radius 3 is 2.26 bits per heavy atom. The highest BCUT2D eigenvalue weighted by molar-refractivity contribution is 6.39. The third-order valence-corrected chi connectivity index (χ3v) is 10.4. The van der Waals surface area contributed by atoms with Crippen molar-refractivity contribution < 1.29 is 53.4 Å². The molecular formula is C35H57NO11. The van der Waals surface area contributed by atoms with E-state index < -0.39 is 83.9 Å². The zero-order valence-corrected chi connectivity index (χ0v) is 29.3. The van der Waals surface area contributed by atoms with Crippen LogP contribution in [0.1, 0.15) is 92.9 Å². The predicted octanol–water partition coefficient (Wildman–Crippen LogP) is 2.73. The molecule has 3 aliphatic heterocycles. The second kappa shape index (κ2) is 16.9. The van der Waals surface area contributed by atoms with E-state index >= 15 is 0 Å². The molecule has 3 aliphatic rings. The van der Waals surface area contributed by atoms with Crippen LogP contribution in [0.5, 0.6) is 0 Å². The number of hydrogen-bond acceptors (Lipinski definition) is 11. The number of aliphatic hydroxyl groups is 3. The van der Waals surface area contributed by atoms with Crippen molar-refractivity contribution in [2.24, 2.45) is 23.7 Å². The standard InChI is InChI=1S/C35H57NO11/c1-19-13-20(2)15-29(44-7)31-30(45-8)16-21(3)35(43,47-31)32(40)33(41)36-12-10-9-11-26(36)34(42)46-24(6)23(5)27(38)18-28(39)25(14-19)17-22(4)37/h14,20-21,23-31,38-39,43H,9-13,15-18H2,1-8H3/b19-14+. The van der Waals surface area contributed by atoms with Gasteiger partial charge in [0.2, 0.25) is 5.79 Å². The summed E-state index contributed by atoms with van der Waals surface area (Å²) in [5, 5.41) is 34.1. The third kappa shape index (κ3) is 9.48. The smallest absolute Gasteiger partial charge is 0.329 e. The van der Waals surface area contributed by atoms with Crippen LogP contribution in [0.3, 0.4) is 0 Å². The topological polar surface area (TPSA) is 169 Å². The highest BCUT2D eigenvalue weighted by Gasteiger charge is 2.56. The third-order valence-electron chi connectivity index (χ3n) is 10.4. The van der Waals surface area contributed by atoms with Crippen molar-refractivity contribution in [2.45, 2.75) is 141 Å². The second-order valence-electron chi connectivity index (χ2n) is 14.3. The van der Waals surface area contributed by atoms with Gasteiger partial charge in [-0.15, -0.1) is 0 Å². The van der Waals surface area contributed by atoms with Crippen molar-refractivity contribution in [3.63, 3.8) is 0 Å². The Morgan fingerprint density at radius 2 is 1.64 bits per heavy atom. The number of ketones is 2. The number of ether oxygens (including phenoxy) is 4. The molecule has 12 unspecified atom stereocenters. The number of Topliss-reactive ketones (excluding diaryl/α,β-unsaturated/α-hetero) is 2. The van der Waals surface area contributed by atoms with Crippen molar-refractivity contribution in [3.05, 3.63) is 11.6 Å². The Kier molecular flexibility index (Phi) is 14.1. The number of fused-ring (bicyclic) bond motifs is 3. The van der Waals surface area contributed by atoms with Crippen LogP contribution in [0, 0.1) is 23.7 Å². The van der Waals surface area contributed by atoms with Crippen molar-refractivity contribution in [1.29, 1.82) is 0 Å². The average molecular weight is 668 g/mol. The van der Waals surface area contributed by atoms with Gasteiger partial charge in [0.1, 0.15) is 24.0 Å². The first-order valence-electron chi connectivity index (χ1n) is 17.1. The highest BCUT2D eigenvalue weighted by atomic mass is 16.7. The lowest BCUT2D eigenvalue weighted by molar-refractivity contribution is -0.302. The van der Waals surface area contributed by atoms with Crippen molar-refractivity contribution in [2.75, 3.05) is 20.8 Å². The molecule has 0 spiro atoms. The molecule has 3 heterocycles. The SMILES string of the molecule is COC1CC(C)C/C(C)=C/C(CC(C)=O)C(O)CC(O)C(C)C(C)OC(=O)C2CCCCN2C(=O)C(=O)C2(O)OC1C(OC)CC2C. The molecule has 0 saturated carbocycles. The number of aliphatic hydroxyl groups excluding tert-OH is 2. The summed E-state index contributed by atoms with van der Waals surface area (Å²) in [6.45, 7) is 10.5. The molecule has 2 fully saturated rings. The molecule has 2 bridgehead atoms. The number of esters is 1. The van der Waals surface area contributed by atoms with Crippen LogP contribution in [0.15, 0.2) is 11.6 Å². The molecule has 0 aliphatic carbocycles. The number of cyclic esters (lactones) is 1. The lowest BCUT2D eigenvalue weighted by Crippen LogP contribution is -2.64. The van der Waals surface area contributed by atoms with Gasteiger partial charge in [-0.25, -0.2) is 4.79 Å². The zero-order chi connectivity index (χ0) is 35.2. The molecule has 3 N–H and O–H groups in total. The maximum Gasteiger partial charge on any atom is 0.329 e. The van der Waals surface area contributed by atoms with Gasteiger partial charge in [0.15, 0.2) is 0 Å². The molecular weight excluding hydrogens is 610 g/mol. The minimum atomic E-state index is -2.47. The molecule has 0 radical (unpaired) electrons. The Bertz CT molecular complexity index is 1140. The molecule has 1 amide bonds. The van der Waals surface area contributed by atoms with Crippen LogP contribution in [0.25, 0.3) is 0 Å². The fourth-order valence-electron chi connectivity index (χ4n) is 7.35. The summed E-state index contributed by atoms with van der Waals surface area (Å²) in [5.41, 5.74) is 0.934. The van der Waals surface area contributed by atoms with Crippen LogP contribution in [-0.2, 0) is 38.1 Å². The molecule has 12 atom stereocenters. The average Bonchev–Trinajstić information content (AvgIpc) is 3.02. The van der Waals surface area contributed by atoms with E-state index in [1.165, 1.54) is 21.1 Å². The van der Waals surface area contributed by atoms with Crippen LogP contribution >= 0.6 is 0 Å². The quantitative estimate of drug-likeness (QED) is 0.229. The first-order valence-corrected chi connectivity index (χ1v) is 17.1. The number of carbonyl (C=O) groups excluding carboxylic acids is 4. The largest absolute Gasteiger partial charge is 0.461 e. The van der Waals surface area contributed by atoms with Crippen LogP contribution in [0.4, 0.5) is 0 Å². The lowest BCUT2D eigenvalue weighted by atomic mass is 9.82. The molecule has 3 rings (SSSR count). The second-order valence-corrected chi connectivity index (χ2v) is 14.3. The van der Waals surface area contributed by atoms with Gasteiger partial charge in [-0.3, -0.25) is 9.59 Å².